The summed E-state index contributed by atoms with van der Waals surface area (Å²) in [5.74, 6) is 0. The fourth-order valence-electron chi connectivity index (χ4n) is 0.455. The minimum absolute atomic E-state index is 6.59. The van der Waals surface area contributed by atoms with Crippen LogP contribution in [0.15, 0.2) is 0 Å². The van der Waals surface area contributed by atoms with Gasteiger partial charge in [-0.2, -0.15) is 43.9 Å². The van der Waals surface area contributed by atoms with E-state index in [1.54, 1.807) is 0 Å². The Balaban J connectivity index is 5.40. The first-order valence-corrected chi connectivity index (χ1v) is 4.50. The second-order valence-corrected chi connectivity index (χ2v) is 4.39. The van der Waals surface area contributed by atoms with Crippen molar-refractivity contribution < 1.29 is 48.5 Å². The largest absolute Gasteiger partial charge is 0.460 e. The normalized spacial score (nSPS) is 15.7. The first-order valence-electron chi connectivity index (χ1n) is 3.09. The highest BCUT2D eigenvalue weighted by Gasteiger charge is 2.74. The van der Waals surface area contributed by atoms with E-state index in [9.17, 15) is 48.5 Å². The number of rotatable bonds is 2. The predicted molar refractivity (Wildman–Crippen MR) is 31.0 cm³/mol. The van der Waals surface area contributed by atoms with E-state index in [0.29, 0.717) is 0 Å². The minimum atomic E-state index is -6.74. The van der Waals surface area contributed by atoms with Crippen molar-refractivity contribution in [1.82, 2.24) is 0 Å². The van der Waals surface area contributed by atoms with E-state index >= 15 is 0 Å². The third-order valence-electron chi connectivity index (χ3n) is 1.28. The molecule has 0 aliphatic carbocycles. The van der Waals surface area contributed by atoms with Gasteiger partial charge >= 0.3 is 23.7 Å². The molecule has 0 aromatic rings. The summed E-state index contributed by atoms with van der Waals surface area (Å²) in [6.45, 7) is 0. The summed E-state index contributed by atoms with van der Waals surface area (Å²) < 4.78 is 126. The first-order chi connectivity index (χ1) is 6.65. The van der Waals surface area contributed by atoms with Crippen molar-refractivity contribution in [2.24, 2.45) is 0 Å². The van der Waals surface area contributed by atoms with Crippen LogP contribution in [0.1, 0.15) is 0 Å². The van der Waals surface area contributed by atoms with E-state index in [2.05, 4.69) is 0 Å². The van der Waals surface area contributed by atoms with Crippen LogP contribution in [0, 0.1) is 0 Å². The summed E-state index contributed by atoms with van der Waals surface area (Å²) >= 11 is 0. The molecule has 0 atom stereocenters. The smallest absolute Gasteiger partial charge is 0.313 e. The van der Waals surface area contributed by atoms with Crippen molar-refractivity contribution in [2.75, 3.05) is 0 Å². The Hall–Kier alpha value is -0.470. The van der Waals surface area contributed by atoms with Gasteiger partial charge in [-0.05, 0) is 0 Å². The summed E-state index contributed by atoms with van der Waals surface area (Å²) in [5.41, 5.74) is -13.2. The molecule has 0 aromatic carbocycles. The summed E-state index contributed by atoms with van der Waals surface area (Å²) in [4.78, 5) is 0. The highest BCUT2D eigenvalue weighted by Crippen LogP contribution is 2.64. The van der Waals surface area contributed by atoms with Gasteiger partial charge in [0.15, 0.2) is 0 Å². The van der Waals surface area contributed by atoms with E-state index in [4.69, 9.17) is 0 Å². The van der Waals surface area contributed by atoms with E-state index in [1.807, 2.05) is 0 Å². The van der Waals surface area contributed by atoms with Crippen LogP contribution in [-0.4, -0.2) is 23.7 Å². The molecule has 0 unspecified atom stereocenters. The van der Waals surface area contributed by atoms with Crippen molar-refractivity contribution in [1.29, 1.82) is 0 Å². The van der Waals surface area contributed by atoms with Gasteiger partial charge in [-0.25, -0.2) is 0 Å². The Labute approximate surface area is 81.2 Å². The molecule has 0 bridgehead atoms. The van der Waals surface area contributed by atoms with E-state index < -0.39 is 31.5 Å². The van der Waals surface area contributed by atoms with Gasteiger partial charge in [0.1, 0.15) is 0 Å². The average Bonchev–Trinajstić information content (AvgIpc) is 1.98. The van der Waals surface area contributed by atoms with Crippen LogP contribution < -0.4 is 0 Å². The van der Waals surface area contributed by atoms with Gasteiger partial charge in [0.05, 0.1) is 0 Å². The van der Waals surface area contributed by atoms with Crippen LogP contribution in [-0.2, 0) is 4.57 Å². The maximum Gasteiger partial charge on any atom is 0.460 e. The lowest BCUT2D eigenvalue weighted by atomic mass is 10.7. The fourth-order valence-corrected chi connectivity index (χ4v) is 1.36. The lowest BCUT2D eigenvalue weighted by molar-refractivity contribution is -0.263. The maximum atomic E-state index is 12.0. The molecule has 0 aliphatic rings. The van der Waals surface area contributed by atoms with Gasteiger partial charge in [0.2, 0.25) is 7.80 Å². The topological polar surface area (TPSA) is 17.1 Å². The zero-order valence-corrected chi connectivity index (χ0v) is 7.69. The summed E-state index contributed by atoms with van der Waals surface area (Å²) in [6, 6.07) is 0. The molecule has 0 rings (SSSR count). The third kappa shape index (κ3) is 2.44. The van der Waals surface area contributed by atoms with Gasteiger partial charge in [-0.1, -0.05) is 0 Å². The molecule has 16 heavy (non-hydrogen) atoms. The van der Waals surface area contributed by atoms with E-state index in [0.717, 1.165) is 0 Å². The van der Waals surface area contributed by atoms with Crippen molar-refractivity contribution in [2.45, 2.75) is 23.7 Å². The van der Waals surface area contributed by atoms with Gasteiger partial charge < -0.3 is 4.57 Å². The number of halogens is 10. The average molecular weight is 286 g/mol. The zero-order valence-electron chi connectivity index (χ0n) is 6.69. The van der Waals surface area contributed by atoms with Crippen LogP contribution in [0.3, 0.4) is 0 Å². The van der Waals surface area contributed by atoms with Crippen LogP contribution in [0.4, 0.5) is 43.9 Å². The van der Waals surface area contributed by atoms with Gasteiger partial charge in [0.25, 0.3) is 0 Å². The molecule has 0 N–H and O–H groups in total. The van der Waals surface area contributed by atoms with Gasteiger partial charge in [-0.3, -0.25) is 0 Å². The Morgan fingerprint density at radius 3 is 0.875 bits per heavy atom. The first kappa shape index (κ1) is 15.5. The quantitative estimate of drug-likeness (QED) is 0.556. The molecular formula is C4HF10OP. The van der Waals surface area contributed by atoms with Crippen molar-refractivity contribution in [3.8, 4) is 0 Å². The number of alkyl halides is 10. The van der Waals surface area contributed by atoms with Crippen LogP contribution in [0.5, 0.6) is 0 Å². The zero-order chi connectivity index (χ0) is 13.6. The minimum Gasteiger partial charge on any atom is -0.313 e. The SMILES string of the molecule is O=[PH](C(F)(F)C(F)(F)F)C(F)(F)C(F)(F)F. The summed E-state index contributed by atoms with van der Waals surface area (Å²) in [7, 11) is -6.62. The molecule has 0 amide bonds. The predicted octanol–water partition coefficient (Wildman–Crippen LogP) is 3.86. The molecule has 0 saturated heterocycles. The molecule has 0 aliphatic heterocycles. The molecule has 98 valence electrons. The number of hydrogen-bond donors (Lipinski definition) is 0. The molecule has 0 fully saturated rings. The second kappa shape index (κ2) is 3.78. The summed E-state index contributed by atoms with van der Waals surface area (Å²) in [6.07, 6.45) is -13.5. The highest BCUT2D eigenvalue weighted by atomic mass is 31.1. The number of hydrogen-bond acceptors (Lipinski definition) is 1. The molecule has 0 aromatic heterocycles. The Kier molecular flexibility index (Phi) is 3.67. The molecule has 0 heterocycles. The molecule has 1 nitrogen and oxygen atoms in total. The lowest BCUT2D eigenvalue weighted by Gasteiger charge is -2.25. The standard InChI is InChI=1S/C4HF10OP/c5-1(6,7)3(11,12)16(15)4(13,14)2(8,9)10/h16H. The lowest BCUT2D eigenvalue weighted by Crippen LogP contribution is -2.42. The summed E-state index contributed by atoms with van der Waals surface area (Å²) in [5, 5.41) is 0. The fraction of sp³-hybridized carbons (Fsp3) is 1.00. The third-order valence-corrected chi connectivity index (χ3v) is 2.99. The van der Waals surface area contributed by atoms with Crippen molar-refractivity contribution >= 4 is 7.80 Å². The monoisotopic (exact) mass is 286 g/mol. The molecule has 0 radical (unpaired) electrons. The van der Waals surface area contributed by atoms with Crippen molar-refractivity contribution in [3.05, 3.63) is 0 Å². The molecular weight excluding hydrogens is 285 g/mol. The molecule has 0 saturated carbocycles. The molecule has 12 heteroatoms. The second-order valence-electron chi connectivity index (χ2n) is 2.47. The van der Waals surface area contributed by atoms with Crippen LogP contribution in [0.2, 0.25) is 0 Å². The van der Waals surface area contributed by atoms with Crippen LogP contribution in [0.25, 0.3) is 0 Å². The van der Waals surface area contributed by atoms with Gasteiger partial charge in [-0.15, -0.1) is 0 Å². The molecule has 0 spiro atoms. The van der Waals surface area contributed by atoms with Crippen molar-refractivity contribution in [3.63, 3.8) is 0 Å². The van der Waals surface area contributed by atoms with Crippen LogP contribution >= 0.6 is 7.80 Å². The van der Waals surface area contributed by atoms with E-state index in [-0.39, 0.29) is 0 Å². The Morgan fingerprint density at radius 1 is 0.562 bits per heavy atom. The Morgan fingerprint density at radius 2 is 0.750 bits per heavy atom. The van der Waals surface area contributed by atoms with Gasteiger partial charge in [0, 0.05) is 0 Å². The highest BCUT2D eigenvalue weighted by molar-refractivity contribution is 7.47. The van der Waals surface area contributed by atoms with E-state index in [1.165, 1.54) is 0 Å². The maximum absolute atomic E-state index is 12.0. The Bertz CT molecular complexity index is 258.